The molecule has 0 spiro atoms. The fourth-order valence-electron chi connectivity index (χ4n) is 1.40. The summed E-state index contributed by atoms with van der Waals surface area (Å²) in [5.74, 6) is 0.648. The van der Waals surface area contributed by atoms with Gasteiger partial charge in [-0.15, -0.1) is 0 Å². The maximum absolute atomic E-state index is 9.56. The van der Waals surface area contributed by atoms with Crippen LogP contribution in [0.1, 0.15) is 66.7 Å². The van der Waals surface area contributed by atoms with Crippen LogP contribution in [0.25, 0.3) is 0 Å². The molecule has 0 aromatic heterocycles. The number of hydrogen-bond acceptors (Lipinski definition) is 4. The molecule has 0 aliphatic heterocycles. The van der Waals surface area contributed by atoms with Crippen LogP contribution < -0.4 is 5.73 Å². The molecule has 1 unspecified atom stereocenters. The molecule has 5 nitrogen and oxygen atoms in total. The van der Waals surface area contributed by atoms with Gasteiger partial charge in [-0.05, 0) is 33.1 Å². The number of hydrogen-bond donors (Lipinski definition) is 2. The summed E-state index contributed by atoms with van der Waals surface area (Å²) < 4.78 is 30.7. The second kappa shape index (κ2) is 10.6. The minimum atomic E-state index is -4.17. The van der Waals surface area contributed by atoms with Crippen molar-refractivity contribution in [2.45, 2.75) is 72.3 Å². The van der Waals surface area contributed by atoms with Crippen molar-refractivity contribution in [2.24, 2.45) is 11.7 Å². The topological polar surface area (TPSA) is 89.6 Å². The Morgan fingerprint density at radius 1 is 1.21 bits per heavy atom. The first-order valence-electron chi connectivity index (χ1n) is 6.95. The van der Waals surface area contributed by atoms with Crippen LogP contribution in [0.2, 0.25) is 0 Å². The zero-order valence-electron chi connectivity index (χ0n) is 13.0. The average molecular weight is 297 g/mol. The quantitative estimate of drug-likeness (QED) is 0.530. The third-order valence-corrected chi connectivity index (χ3v) is 3.56. The molecule has 0 rings (SSSR count). The standard InChI is InChI=1S/C11H25N.C2H6O4S/c1-5-6-7-8-9-10(2)11(3,4)12;1-2-6-7(3,4)5/h10H,5-9,12H2,1-4H3;2H2,1H3,(H,3,4,5). The number of nitrogens with two attached hydrogens (primary N) is 1. The Balaban J connectivity index is 0. The first kappa shape index (κ1) is 21.1. The lowest BCUT2D eigenvalue weighted by molar-refractivity contribution is 0.283. The van der Waals surface area contributed by atoms with Gasteiger partial charge in [0.05, 0.1) is 6.61 Å². The Labute approximate surface area is 118 Å². The van der Waals surface area contributed by atoms with Crippen LogP contribution in [0.3, 0.4) is 0 Å². The number of unbranched alkanes of at least 4 members (excludes halogenated alkanes) is 3. The van der Waals surface area contributed by atoms with Crippen molar-refractivity contribution in [2.75, 3.05) is 6.61 Å². The smallest absolute Gasteiger partial charge is 0.325 e. The maximum Gasteiger partial charge on any atom is 0.397 e. The van der Waals surface area contributed by atoms with Crippen molar-refractivity contribution in [3.8, 4) is 0 Å². The van der Waals surface area contributed by atoms with Crippen LogP contribution in [-0.4, -0.2) is 25.1 Å². The molecule has 0 saturated carbocycles. The molecule has 1 atom stereocenters. The van der Waals surface area contributed by atoms with E-state index in [-0.39, 0.29) is 12.1 Å². The molecule has 0 radical (unpaired) electrons. The summed E-state index contributed by atoms with van der Waals surface area (Å²) in [6.45, 7) is 10.2. The van der Waals surface area contributed by atoms with Crippen molar-refractivity contribution in [3.05, 3.63) is 0 Å². The van der Waals surface area contributed by atoms with Gasteiger partial charge in [0.15, 0.2) is 0 Å². The second-order valence-corrected chi connectivity index (χ2v) is 6.50. The van der Waals surface area contributed by atoms with E-state index in [2.05, 4.69) is 31.9 Å². The molecule has 0 saturated heterocycles. The van der Waals surface area contributed by atoms with E-state index in [9.17, 15) is 8.42 Å². The second-order valence-electron chi connectivity index (χ2n) is 5.41. The van der Waals surface area contributed by atoms with E-state index in [1.54, 1.807) is 0 Å². The number of rotatable bonds is 8. The van der Waals surface area contributed by atoms with E-state index in [0.29, 0.717) is 5.92 Å². The van der Waals surface area contributed by atoms with Crippen LogP contribution in [-0.2, 0) is 14.6 Å². The van der Waals surface area contributed by atoms with Gasteiger partial charge in [0, 0.05) is 5.54 Å². The van der Waals surface area contributed by atoms with Gasteiger partial charge in [0.25, 0.3) is 0 Å². The lowest BCUT2D eigenvalue weighted by Gasteiger charge is -2.27. The minimum absolute atomic E-state index is 0.00617. The molecule has 6 heteroatoms. The van der Waals surface area contributed by atoms with Crippen molar-refractivity contribution < 1.29 is 17.2 Å². The van der Waals surface area contributed by atoms with Gasteiger partial charge < -0.3 is 5.73 Å². The van der Waals surface area contributed by atoms with Crippen LogP contribution >= 0.6 is 0 Å². The summed E-state index contributed by atoms with van der Waals surface area (Å²) in [5.41, 5.74) is 6.00. The van der Waals surface area contributed by atoms with Crippen LogP contribution in [0.15, 0.2) is 0 Å². The summed E-state index contributed by atoms with van der Waals surface area (Å²) in [7, 11) is -4.17. The summed E-state index contributed by atoms with van der Waals surface area (Å²) in [5, 5.41) is 0. The highest BCUT2D eigenvalue weighted by atomic mass is 32.3. The van der Waals surface area contributed by atoms with E-state index in [1.807, 2.05) is 0 Å². The highest BCUT2D eigenvalue weighted by molar-refractivity contribution is 7.80. The van der Waals surface area contributed by atoms with Gasteiger partial charge in [-0.1, -0.05) is 39.5 Å². The third-order valence-electron chi connectivity index (χ3n) is 3.03. The van der Waals surface area contributed by atoms with Crippen molar-refractivity contribution in [3.63, 3.8) is 0 Å². The van der Waals surface area contributed by atoms with Crippen molar-refractivity contribution in [1.82, 2.24) is 0 Å². The van der Waals surface area contributed by atoms with Gasteiger partial charge in [-0.2, -0.15) is 8.42 Å². The molecular formula is C13H31NO4S. The third kappa shape index (κ3) is 17.8. The van der Waals surface area contributed by atoms with Gasteiger partial charge in [0.2, 0.25) is 0 Å². The largest absolute Gasteiger partial charge is 0.397 e. The predicted molar refractivity (Wildman–Crippen MR) is 79.4 cm³/mol. The first-order valence-corrected chi connectivity index (χ1v) is 8.31. The minimum Gasteiger partial charge on any atom is -0.325 e. The molecular weight excluding hydrogens is 266 g/mol. The predicted octanol–water partition coefficient (Wildman–Crippen LogP) is 3.16. The molecule has 0 aromatic rings. The molecule has 0 aromatic carbocycles. The maximum atomic E-state index is 9.56. The van der Waals surface area contributed by atoms with Gasteiger partial charge >= 0.3 is 10.4 Å². The normalized spacial score (nSPS) is 13.6. The fourth-order valence-corrected chi connectivity index (χ4v) is 1.70. The van der Waals surface area contributed by atoms with E-state index in [4.69, 9.17) is 10.3 Å². The van der Waals surface area contributed by atoms with Gasteiger partial charge in [-0.25, -0.2) is 4.18 Å². The fraction of sp³-hybridized carbons (Fsp3) is 1.00. The lowest BCUT2D eigenvalue weighted by Crippen LogP contribution is -2.39. The molecule has 118 valence electrons. The monoisotopic (exact) mass is 297 g/mol. The van der Waals surface area contributed by atoms with Crippen LogP contribution in [0.4, 0.5) is 0 Å². The van der Waals surface area contributed by atoms with Gasteiger partial charge in [-0.3, -0.25) is 4.55 Å². The Morgan fingerprint density at radius 3 is 2.00 bits per heavy atom. The Morgan fingerprint density at radius 2 is 1.74 bits per heavy atom. The Bertz CT molecular complexity index is 296. The molecule has 0 amide bonds. The molecule has 0 bridgehead atoms. The molecule has 0 heterocycles. The van der Waals surface area contributed by atoms with E-state index in [1.165, 1.54) is 39.0 Å². The van der Waals surface area contributed by atoms with E-state index < -0.39 is 10.4 Å². The summed E-state index contributed by atoms with van der Waals surface area (Å²) in [6.07, 6.45) is 6.69. The van der Waals surface area contributed by atoms with Crippen LogP contribution in [0, 0.1) is 5.92 Å². The molecule has 0 aliphatic carbocycles. The zero-order chi connectivity index (χ0) is 15.5. The highest BCUT2D eigenvalue weighted by Gasteiger charge is 2.19. The molecule has 0 fully saturated rings. The van der Waals surface area contributed by atoms with E-state index in [0.717, 1.165) is 0 Å². The summed E-state index contributed by atoms with van der Waals surface area (Å²) in [4.78, 5) is 0. The summed E-state index contributed by atoms with van der Waals surface area (Å²) >= 11 is 0. The average Bonchev–Trinajstić information content (AvgIpc) is 2.22. The van der Waals surface area contributed by atoms with E-state index >= 15 is 0 Å². The first-order chi connectivity index (χ1) is 8.54. The molecule has 0 aliphatic rings. The lowest BCUT2D eigenvalue weighted by atomic mass is 9.86. The summed E-state index contributed by atoms with van der Waals surface area (Å²) in [6, 6.07) is 0. The molecule has 19 heavy (non-hydrogen) atoms. The van der Waals surface area contributed by atoms with Crippen molar-refractivity contribution >= 4 is 10.4 Å². The van der Waals surface area contributed by atoms with Crippen molar-refractivity contribution in [1.29, 1.82) is 0 Å². The SMILES string of the molecule is CCCCCCC(C)C(C)(C)N.CCOS(=O)(=O)O. The van der Waals surface area contributed by atoms with Gasteiger partial charge in [0.1, 0.15) is 0 Å². The Kier molecular flexibility index (Phi) is 11.8. The van der Waals surface area contributed by atoms with Crippen LogP contribution in [0.5, 0.6) is 0 Å². The Hall–Kier alpha value is -0.170. The molecule has 3 N–H and O–H groups in total. The zero-order valence-corrected chi connectivity index (χ0v) is 13.8. The highest BCUT2D eigenvalue weighted by Crippen LogP contribution is 2.19.